The summed E-state index contributed by atoms with van der Waals surface area (Å²) >= 11 is 0. The van der Waals surface area contributed by atoms with E-state index in [0.29, 0.717) is 17.6 Å². The predicted octanol–water partition coefficient (Wildman–Crippen LogP) is -1.84. The number of aliphatic hydroxyl groups excluding tert-OH is 3. The number of nitrogens with two attached hydrogens (primary N) is 1. The lowest BCUT2D eigenvalue weighted by Gasteiger charge is -2.16. The molecule has 9 heteroatoms. The fourth-order valence-corrected chi connectivity index (χ4v) is 2.77. The van der Waals surface area contributed by atoms with Crippen LogP contribution in [-0.2, 0) is 4.74 Å². The van der Waals surface area contributed by atoms with Gasteiger partial charge in [-0.15, -0.1) is 0 Å². The highest BCUT2D eigenvalue weighted by Crippen LogP contribution is 2.53. The van der Waals surface area contributed by atoms with Gasteiger partial charge in [0.25, 0.3) is 0 Å². The van der Waals surface area contributed by atoms with E-state index in [0.717, 1.165) is 0 Å². The van der Waals surface area contributed by atoms with Crippen LogP contribution in [0.25, 0.3) is 11.2 Å². The molecule has 0 amide bonds. The van der Waals surface area contributed by atoms with Crippen LogP contribution >= 0.6 is 0 Å². The Bertz CT molecular complexity index is 691. The lowest BCUT2D eigenvalue weighted by atomic mass is 10.1. The summed E-state index contributed by atoms with van der Waals surface area (Å²) in [5, 5.41) is 29.8. The van der Waals surface area contributed by atoms with Gasteiger partial charge in [0.1, 0.15) is 29.7 Å². The Morgan fingerprint density at radius 2 is 2.05 bits per heavy atom. The maximum absolute atomic E-state index is 10.1. The highest BCUT2D eigenvalue weighted by Gasteiger charge is 2.69. The zero-order valence-electron chi connectivity index (χ0n) is 10.3. The minimum atomic E-state index is -1.18. The molecule has 3 unspecified atom stereocenters. The van der Waals surface area contributed by atoms with E-state index >= 15 is 0 Å². The van der Waals surface area contributed by atoms with Crippen molar-refractivity contribution in [2.45, 2.75) is 36.6 Å². The smallest absolute Gasteiger partial charge is 0.167 e. The second-order valence-corrected chi connectivity index (χ2v) is 5.20. The number of nitrogen functional groups attached to an aromatic ring is 1. The molecule has 2 aromatic rings. The molecule has 2 fully saturated rings. The second kappa shape index (κ2) is 3.64. The first-order chi connectivity index (χ1) is 9.54. The minimum Gasteiger partial charge on any atom is -0.390 e. The fraction of sp³-hybridized carbons (Fsp3) is 0.545. The topological polar surface area (TPSA) is 140 Å². The van der Waals surface area contributed by atoms with Crippen LogP contribution in [0.15, 0.2) is 12.7 Å². The van der Waals surface area contributed by atoms with Crippen molar-refractivity contribution in [3.8, 4) is 0 Å². The van der Waals surface area contributed by atoms with Gasteiger partial charge in [0.05, 0.1) is 12.4 Å². The van der Waals surface area contributed by atoms with Gasteiger partial charge in [-0.2, -0.15) is 0 Å². The van der Waals surface area contributed by atoms with Gasteiger partial charge in [0, 0.05) is 6.42 Å². The van der Waals surface area contributed by atoms with E-state index < -0.39 is 30.1 Å². The summed E-state index contributed by atoms with van der Waals surface area (Å²) in [6.07, 6.45) is -0.974. The number of nitrogens with zero attached hydrogens (tertiary/aromatic N) is 4. The monoisotopic (exact) mass is 279 g/mol. The largest absolute Gasteiger partial charge is 0.390 e. The van der Waals surface area contributed by atoms with Crippen molar-refractivity contribution in [2.75, 3.05) is 5.73 Å². The van der Waals surface area contributed by atoms with E-state index in [9.17, 15) is 15.3 Å². The molecule has 3 heterocycles. The fourth-order valence-electron chi connectivity index (χ4n) is 2.77. The van der Waals surface area contributed by atoms with Crippen LogP contribution in [0.2, 0.25) is 0 Å². The average Bonchev–Trinajstić information content (AvgIpc) is 2.80. The van der Waals surface area contributed by atoms with Crippen molar-refractivity contribution < 1.29 is 20.1 Å². The molecule has 4 rings (SSSR count). The molecule has 5 atom stereocenters. The van der Waals surface area contributed by atoms with Crippen LogP contribution in [0.3, 0.4) is 0 Å². The highest BCUT2D eigenvalue weighted by molar-refractivity contribution is 5.81. The van der Waals surface area contributed by atoms with Gasteiger partial charge in [-0.1, -0.05) is 0 Å². The molecule has 0 radical (unpaired) electrons. The molecule has 1 saturated heterocycles. The van der Waals surface area contributed by atoms with E-state index in [4.69, 9.17) is 10.5 Å². The molecule has 9 nitrogen and oxygen atoms in total. The van der Waals surface area contributed by atoms with E-state index in [1.54, 1.807) is 0 Å². The molecule has 1 aliphatic heterocycles. The van der Waals surface area contributed by atoms with Crippen molar-refractivity contribution in [2.24, 2.45) is 0 Å². The van der Waals surface area contributed by atoms with Crippen molar-refractivity contribution in [3.05, 3.63) is 12.7 Å². The van der Waals surface area contributed by atoms with Crippen LogP contribution < -0.4 is 5.73 Å². The minimum absolute atomic E-state index is 0.225. The Balaban J connectivity index is 1.79. The molecule has 1 aliphatic carbocycles. The number of hydrogen-bond donors (Lipinski definition) is 4. The molecular formula is C11H13N5O4. The van der Waals surface area contributed by atoms with Gasteiger partial charge < -0.3 is 25.8 Å². The lowest BCUT2D eigenvalue weighted by molar-refractivity contribution is -0.0633. The molecule has 5 N–H and O–H groups in total. The summed E-state index contributed by atoms with van der Waals surface area (Å²) < 4.78 is 7.15. The molecule has 1 saturated carbocycles. The number of anilines is 1. The van der Waals surface area contributed by atoms with Gasteiger partial charge in [-0.3, -0.25) is 4.57 Å². The first-order valence-corrected chi connectivity index (χ1v) is 6.19. The molecule has 106 valence electrons. The Hall–Kier alpha value is -1.81. The molecule has 20 heavy (non-hydrogen) atoms. The van der Waals surface area contributed by atoms with Crippen LogP contribution in [0.1, 0.15) is 12.6 Å². The number of hydrogen-bond acceptors (Lipinski definition) is 8. The van der Waals surface area contributed by atoms with Crippen molar-refractivity contribution >= 4 is 17.0 Å². The third kappa shape index (κ3) is 1.32. The SMILES string of the molecule is Nc1ncnc2c1ncn2C1O[C@@]2(C[C@H]2O)C(O)C1O. The van der Waals surface area contributed by atoms with Crippen molar-refractivity contribution in [1.29, 1.82) is 0 Å². The molecule has 2 aliphatic rings. The second-order valence-electron chi connectivity index (χ2n) is 5.20. The Morgan fingerprint density at radius 1 is 1.30 bits per heavy atom. The van der Waals surface area contributed by atoms with E-state index in [1.807, 2.05) is 0 Å². The van der Waals surface area contributed by atoms with Crippen molar-refractivity contribution in [1.82, 2.24) is 19.5 Å². The summed E-state index contributed by atoms with van der Waals surface area (Å²) in [6.45, 7) is 0. The molecule has 0 bridgehead atoms. The van der Waals surface area contributed by atoms with Gasteiger partial charge in [-0.05, 0) is 0 Å². The van der Waals surface area contributed by atoms with Crippen molar-refractivity contribution in [3.63, 3.8) is 0 Å². The number of ether oxygens (including phenoxy) is 1. The maximum Gasteiger partial charge on any atom is 0.167 e. The van der Waals surface area contributed by atoms with Gasteiger partial charge in [0.2, 0.25) is 0 Å². The Labute approximate surface area is 112 Å². The predicted molar refractivity (Wildman–Crippen MR) is 65.2 cm³/mol. The number of aliphatic hydroxyl groups is 3. The van der Waals surface area contributed by atoms with Crippen LogP contribution in [-0.4, -0.2) is 58.8 Å². The van der Waals surface area contributed by atoms with Gasteiger partial charge in [0.15, 0.2) is 17.7 Å². The highest BCUT2D eigenvalue weighted by atomic mass is 16.6. The van der Waals surface area contributed by atoms with E-state index in [1.165, 1.54) is 17.2 Å². The summed E-state index contributed by atoms with van der Waals surface area (Å²) in [7, 11) is 0. The van der Waals surface area contributed by atoms with Gasteiger partial charge >= 0.3 is 0 Å². The zero-order valence-corrected chi connectivity index (χ0v) is 10.3. The normalized spacial score (nSPS) is 39.8. The third-order valence-corrected chi connectivity index (χ3v) is 4.03. The average molecular weight is 279 g/mol. The quantitative estimate of drug-likeness (QED) is 0.477. The molecule has 0 aromatic carbocycles. The molecule has 1 spiro atoms. The summed E-state index contributed by atoms with van der Waals surface area (Å²) in [4.78, 5) is 12.0. The molecular weight excluding hydrogens is 266 g/mol. The van der Waals surface area contributed by atoms with E-state index in [-0.39, 0.29) is 5.82 Å². The number of imidazole rings is 1. The standard InChI is InChI=1S/C11H13N5O4/c12-8-5-9(14-2-13-8)16(3-15-5)10-6(18)7(19)11(20-10)1-4(11)17/h2-4,6-7,10,17-19H,1H2,(H2,12,13,14)/t4-,6?,7?,10?,11-/m1/s1. The summed E-state index contributed by atoms with van der Waals surface area (Å²) in [5.74, 6) is 0.225. The van der Waals surface area contributed by atoms with Crippen LogP contribution in [0.5, 0.6) is 0 Å². The number of rotatable bonds is 1. The van der Waals surface area contributed by atoms with E-state index in [2.05, 4.69) is 15.0 Å². The lowest BCUT2D eigenvalue weighted by Crippen LogP contribution is -2.34. The number of fused-ring (bicyclic) bond motifs is 1. The van der Waals surface area contributed by atoms with Crippen LogP contribution in [0, 0.1) is 0 Å². The maximum atomic E-state index is 10.1. The summed E-state index contributed by atoms with van der Waals surface area (Å²) in [5.41, 5.74) is 5.42. The Morgan fingerprint density at radius 3 is 2.70 bits per heavy atom. The molecule has 2 aromatic heterocycles. The summed E-state index contributed by atoms with van der Waals surface area (Å²) in [6, 6.07) is 0. The Kier molecular flexibility index (Phi) is 2.18. The first kappa shape index (κ1) is 12.0. The van der Waals surface area contributed by atoms with Gasteiger partial charge in [-0.25, -0.2) is 15.0 Å². The zero-order chi connectivity index (χ0) is 14.1. The first-order valence-electron chi connectivity index (χ1n) is 6.19. The third-order valence-electron chi connectivity index (χ3n) is 4.03. The van der Waals surface area contributed by atoms with Crippen LogP contribution in [0.4, 0.5) is 5.82 Å². The number of aromatic nitrogens is 4.